The molecule has 1 N–H and O–H groups in total. The van der Waals surface area contributed by atoms with Gasteiger partial charge in [-0.3, -0.25) is 14.5 Å². The second-order valence-corrected chi connectivity index (χ2v) is 8.47. The first-order chi connectivity index (χ1) is 17.0. The second-order valence-electron chi connectivity index (χ2n) is 7.41. The number of esters is 1. The fraction of sp³-hybridized carbons (Fsp3) is 0.125. The first-order valence-electron chi connectivity index (χ1n) is 10.7. The first kappa shape index (κ1) is 22.3. The molecular weight excluding hydrogens is 468 g/mol. The van der Waals surface area contributed by atoms with Crippen LogP contribution in [0.25, 0.3) is 11.4 Å². The molecular formula is C24H18N6O4S. The van der Waals surface area contributed by atoms with Gasteiger partial charge in [-0.25, -0.2) is 14.8 Å². The number of carbonyl (C=O) groups is 3. The summed E-state index contributed by atoms with van der Waals surface area (Å²) in [6.45, 7) is 1.89. The van der Waals surface area contributed by atoms with Gasteiger partial charge in [0.25, 0.3) is 11.8 Å². The van der Waals surface area contributed by atoms with Crippen LogP contribution < -0.4 is 5.32 Å². The van der Waals surface area contributed by atoms with E-state index in [1.807, 2.05) is 30.3 Å². The molecule has 0 radical (unpaired) electrons. The van der Waals surface area contributed by atoms with Crippen molar-refractivity contribution in [1.82, 2.24) is 25.1 Å². The number of hydrogen-bond acceptors (Lipinski definition) is 10. The van der Waals surface area contributed by atoms with Crippen molar-refractivity contribution in [2.45, 2.75) is 13.5 Å². The number of fused-ring (bicyclic) bond motifs is 1. The largest absolute Gasteiger partial charge is 0.462 e. The third-order valence-corrected chi connectivity index (χ3v) is 6.00. The van der Waals surface area contributed by atoms with Crippen LogP contribution in [0, 0.1) is 0 Å². The van der Waals surface area contributed by atoms with Crippen LogP contribution in [0.15, 0.2) is 60.8 Å². The molecule has 5 rings (SSSR count). The predicted octanol–water partition coefficient (Wildman–Crippen LogP) is 3.71. The molecule has 0 aliphatic carbocycles. The summed E-state index contributed by atoms with van der Waals surface area (Å²) in [4.78, 5) is 47.7. The van der Waals surface area contributed by atoms with E-state index in [0.29, 0.717) is 27.1 Å². The summed E-state index contributed by atoms with van der Waals surface area (Å²) in [5.41, 5.74) is 1.65. The zero-order valence-electron chi connectivity index (χ0n) is 18.5. The Morgan fingerprint density at radius 1 is 1.00 bits per heavy atom. The maximum Gasteiger partial charge on any atom is 0.343 e. The number of imide groups is 1. The Hall–Kier alpha value is -4.51. The van der Waals surface area contributed by atoms with Gasteiger partial charge in [0.05, 0.1) is 24.3 Å². The van der Waals surface area contributed by atoms with Crippen LogP contribution in [0.4, 0.5) is 10.9 Å². The molecule has 174 valence electrons. The van der Waals surface area contributed by atoms with E-state index in [0.717, 1.165) is 21.8 Å². The van der Waals surface area contributed by atoms with Crippen LogP contribution in [0.5, 0.6) is 0 Å². The van der Waals surface area contributed by atoms with Gasteiger partial charge in [0.1, 0.15) is 10.6 Å². The summed E-state index contributed by atoms with van der Waals surface area (Å²) in [6, 6.07) is 16.0. The van der Waals surface area contributed by atoms with Crippen LogP contribution in [0.3, 0.4) is 0 Å². The summed E-state index contributed by atoms with van der Waals surface area (Å²) < 4.78 is 5.13. The Morgan fingerprint density at radius 2 is 1.69 bits per heavy atom. The SMILES string of the molecule is CCOC(=O)c1cnc(-c2ccccc2)nc1Nc1nnc(CN2C(=O)c3ccccc3C2=O)s1. The van der Waals surface area contributed by atoms with E-state index in [1.165, 1.54) is 6.20 Å². The standard InChI is InChI=1S/C24H18N6O4S/c1-2-34-23(33)17-12-25-19(14-8-4-3-5-9-14)26-20(17)27-24-29-28-18(35-24)13-30-21(31)15-10-6-7-11-16(15)22(30)32/h3-12H,2,13H2,1H3,(H,25,26,27,29). The summed E-state index contributed by atoms with van der Waals surface area (Å²) in [7, 11) is 0. The number of nitrogens with one attached hydrogen (secondary N) is 1. The van der Waals surface area contributed by atoms with Gasteiger partial charge < -0.3 is 10.1 Å². The van der Waals surface area contributed by atoms with Crippen LogP contribution in [-0.4, -0.2) is 49.5 Å². The normalized spacial score (nSPS) is 12.5. The molecule has 0 saturated carbocycles. The fourth-order valence-corrected chi connectivity index (χ4v) is 4.28. The van der Waals surface area contributed by atoms with Crippen LogP contribution >= 0.6 is 11.3 Å². The quantitative estimate of drug-likeness (QED) is 0.307. The minimum atomic E-state index is -0.578. The molecule has 0 spiro atoms. The molecule has 11 heteroatoms. The maximum atomic E-state index is 12.6. The van der Waals surface area contributed by atoms with E-state index >= 15 is 0 Å². The molecule has 0 bridgehead atoms. The predicted molar refractivity (Wildman–Crippen MR) is 127 cm³/mol. The van der Waals surface area contributed by atoms with E-state index in [1.54, 1.807) is 31.2 Å². The Kier molecular flexibility index (Phi) is 5.98. The Balaban J connectivity index is 1.40. The van der Waals surface area contributed by atoms with Gasteiger partial charge in [0, 0.05) is 11.8 Å². The lowest BCUT2D eigenvalue weighted by Gasteiger charge is -2.11. The van der Waals surface area contributed by atoms with Crippen LogP contribution in [-0.2, 0) is 11.3 Å². The van der Waals surface area contributed by atoms with Gasteiger partial charge in [-0.15, -0.1) is 10.2 Å². The van der Waals surface area contributed by atoms with Crippen molar-refractivity contribution in [2.24, 2.45) is 0 Å². The van der Waals surface area contributed by atoms with Gasteiger partial charge >= 0.3 is 5.97 Å². The van der Waals surface area contributed by atoms with Gasteiger partial charge in [-0.05, 0) is 19.1 Å². The third kappa shape index (κ3) is 4.36. The minimum absolute atomic E-state index is 0.0184. The fourth-order valence-electron chi connectivity index (χ4n) is 3.55. The highest BCUT2D eigenvalue weighted by atomic mass is 32.1. The molecule has 0 fully saturated rings. The summed E-state index contributed by atoms with van der Waals surface area (Å²) in [6.07, 6.45) is 1.40. The van der Waals surface area contributed by atoms with Crippen molar-refractivity contribution in [3.8, 4) is 11.4 Å². The van der Waals surface area contributed by atoms with Gasteiger partial charge in [0.15, 0.2) is 11.6 Å². The van der Waals surface area contributed by atoms with Crippen molar-refractivity contribution in [3.63, 3.8) is 0 Å². The smallest absolute Gasteiger partial charge is 0.343 e. The average molecular weight is 487 g/mol. The molecule has 0 atom stereocenters. The van der Waals surface area contributed by atoms with Crippen molar-refractivity contribution in [3.05, 3.63) is 82.5 Å². The highest BCUT2D eigenvalue weighted by Gasteiger charge is 2.35. The van der Waals surface area contributed by atoms with E-state index in [4.69, 9.17) is 4.74 Å². The number of anilines is 2. The molecule has 35 heavy (non-hydrogen) atoms. The highest BCUT2D eigenvalue weighted by Crippen LogP contribution is 2.28. The lowest BCUT2D eigenvalue weighted by atomic mass is 10.1. The molecule has 2 aromatic carbocycles. The number of nitrogens with zero attached hydrogens (tertiary/aromatic N) is 5. The number of aromatic nitrogens is 4. The highest BCUT2D eigenvalue weighted by molar-refractivity contribution is 7.15. The molecule has 3 heterocycles. The van der Waals surface area contributed by atoms with Crippen molar-refractivity contribution in [1.29, 1.82) is 0 Å². The summed E-state index contributed by atoms with van der Waals surface area (Å²) in [5, 5.41) is 12.0. The zero-order valence-corrected chi connectivity index (χ0v) is 19.3. The summed E-state index contributed by atoms with van der Waals surface area (Å²) >= 11 is 1.14. The number of ether oxygens (including phenoxy) is 1. The second kappa shape index (κ2) is 9.39. The molecule has 1 aliphatic heterocycles. The number of hydrogen-bond donors (Lipinski definition) is 1. The van der Waals surface area contributed by atoms with E-state index in [2.05, 4.69) is 25.5 Å². The number of carbonyl (C=O) groups excluding carboxylic acids is 3. The number of amides is 2. The number of rotatable bonds is 7. The van der Waals surface area contributed by atoms with E-state index in [9.17, 15) is 14.4 Å². The van der Waals surface area contributed by atoms with E-state index in [-0.39, 0.29) is 36.3 Å². The monoisotopic (exact) mass is 486 g/mol. The molecule has 4 aromatic rings. The molecule has 2 amide bonds. The lowest BCUT2D eigenvalue weighted by molar-refractivity contribution is 0.0525. The molecule has 0 saturated heterocycles. The van der Waals surface area contributed by atoms with E-state index < -0.39 is 5.97 Å². The third-order valence-electron chi connectivity index (χ3n) is 5.18. The number of benzene rings is 2. The Labute approximate surface area is 203 Å². The molecule has 10 nitrogen and oxygen atoms in total. The summed E-state index contributed by atoms with van der Waals surface area (Å²) in [5.74, 6) is -0.700. The molecule has 0 unspecified atom stereocenters. The minimum Gasteiger partial charge on any atom is -0.462 e. The van der Waals surface area contributed by atoms with Crippen LogP contribution in [0.2, 0.25) is 0 Å². The maximum absolute atomic E-state index is 12.6. The molecule has 2 aromatic heterocycles. The molecule has 1 aliphatic rings. The zero-order chi connectivity index (χ0) is 24.4. The van der Waals surface area contributed by atoms with Crippen molar-refractivity contribution >= 4 is 40.1 Å². The topological polar surface area (TPSA) is 127 Å². The van der Waals surface area contributed by atoms with Crippen LogP contribution in [0.1, 0.15) is 43.0 Å². The van der Waals surface area contributed by atoms with Gasteiger partial charge in [-0.1, -0.05) is 53.8 Å². The average Bonchev–Trinajstić information content (AvgIpc) is 3.42. The van der Waals surface area contributed by atoms with Crippen molar-refractivity contribution in [2.75, 3.05) is 11.9 Å². The Morgan fingerprint density at radius 3 is 2.37 bits per heavy atom. The van der Waals surface area contributed by atoms with Crippen molar-refractivity contribution < 1.29 is 19.1 Å². The lowest BCUT2D eigenvalue weighted by Crippen LogP contribution is -2.29. The van der Waals surface area contributed by atoms with Gasteiger partial charge in [-0.2, -0.15) is 0 Å². The van der Waals surface area contributed by atoms with Gasteiger partial charge in [0.2, 0.25) is 5.13 Å². The Bertz CT molecular complexity index is 1400. The first-order valence-corrected chi connectivity index (χ1v) is 11.5.